The van der Waals surface area contributed by atoms with Crippen LogP contribution in [-0.4, -0.2) is 30.8 Å². The molecule has 0 N–H and O–H groups in total. The van der Waals surface area contributed by atoms with Crippen LogP contribution in [0.3, 0.4) is 0 Å². The fourth-order valence-electron chi connectivity index (χ4n) is 1.48. The van der Waals surface area contributed by atoms with Gasteiger partial charge in [0.25, 0.3) is 0 Å². The summed E-state index contributed by atoms with van der Waals surface area (Å²) in [7, 11) is 1.96. The summed E-state index contributed by atoms with van der Waals surface area (Å²) >= 11 is 0. The van der Waals surface area contributed by atoms with Gasteiger partial charge in [0.1, 0.15) is 0 Å². The molecule has 0 radical (unpaired) electrons. The van der Waals surface area contributed by atoms with Crippen molar-refractivity contribution in [2.75, 3.05) is 20.1 Å². The zero-order valence-electron chi connectivity index (χ0n) is 10.0. The van der Waals surface area contributed by atoms with Crippen LogP contribution < -0.4 is 0 Å². The number of ketones is 1. The van der Waals surface area contributed by atoms with Gasteiger partial charge in [-0.15, -0.1) is 0 Å². The summed E-state index contributed by atoms with van der Waals surface area (Å²) in [5, 5.41) is 0. The van der Waals surface area contributed by atoms with Gasteiger partial charge in [-0.25, -0.2) is 0 Å². The van der Waals surface area contributed by atoms with E-state index >= 15 is 0 Å². The Balaban J connectivity index is 2.86. The number of carbonyl (C=O) groups excluding carboxylic acids is 1. The molecule has 0 fully saturated rings. The second kappa shape index (κ2) is 5.08. The standard InChI is InChI=1S/C13H19NO/c1-5-14(4)9-13(15)12-8-10(2)6-7-11(12)3/h6-8H,5,9H2,1-4H3. The van der Waals surface area contributed by atoms with E-state index in [4.69, 9.17) is 0 Å². The first-order valence-corrected chi connectivity index (χ1v) is 5.33. The second-order valence-corrected chi connectivity index (χ2v) is 4.07. The third kappa shape index (κ3) is 3.17. The Morgan fingerprint density at radius 1 is 1.33 bits per heavy atom. The number of aryl methyl sites for hydroxylation is 2. The zero-order valence-corrected chi connectivity index (χ0v) is 10.0. The summed E-state index contributed by atoms with van der Waals surface area (Å²) in [5.74, 6) is 0.209. The maximum atomic E-state index is 11.9. The molecule has 15 heavy (non-hydrogen) atoms. The number of nitrogens with zero attached hydrogens (tertiary/aromatic N) is 1. The first-order valence-electron chi connectivity index (χ1n) is 5.33. The van der Waals surface area contributed by atoms with Gasteiger partial charge in [-0.2, -0.15) is 0 Å². The second-order valence-electron chi connectivity index (χ2n) is 4.07. The highest BCUT2D eigenvalue weighted by atomic mass is 16.1. The van der Waals surface area contributed by atoms with Crippen molar-refractivity contribution in [3.05, 3.63) is 34.9 Å². The van der Waals surface area contributed by atoms with Crippen molar-refractivity contribution in [2.45, 2.75) is 20.8 Å². The van der Waals surface area contributed by atoms with Gasteiger partial charge >= 0.3 is 0 Å². The fraction of sp³-hybridized carbons (Fsp3) is 0.462. The number of carbonyl (C=O) groups is 1. The van der Waals surface area contributed by atoms with E-state index in [1.54, 1.807) is 0 Å². The van der Waals surface area contributed by atoms with E-state index in [0.717, 1.165) is 23.2 Å². The predicted octanol–water partition coefficient (Wildman–Crippen LogP) is 2.44. The summed E-state index contributed by atoms with van der Waals surface area (Å²) in [6.45, 7) is 7.45. The Morgan fingerprint density at radius 3 is 2.60 bits per heavy atom. The first-order chi connectivity index (χ1) is 7.04. The number of benzene rings is 1. The molecule has 0 aliphatic carbocycles. The third-order valence-corrected chi connectivity index (χ3v) is 2.65. The molecule has 1 rings (SSSR count). The Kier molecular flexibility index (Phi) is 4.04. The van der Waals surface area contributed by atoms with E-state index in [-0.39, 0.29) is 5.78 Å². The lowest BCUT2D eigenvalue weighted by Crippen LogP contribution is -2.26. The van der Waals surface area contributed by atoms with Crippen LogP contribution in [-0.2, 0) is 0 Å². The molecule has 0 amide bonds. The maximum Gasteiger partial charge on any atom is 0.177 e. The van der Waals surface area contributed by atoms with Crippen molar-refractivity contribution in [3.63, 3.8) is 0 Å². The van der Waals surface area contributed by atoms with Crippen LogP contribution in [0.2, 0.25) is 0 Å². The molecule has 0 heterocycles. The fourth-order valence-corrected chi connectivity index (χ4v) is 1.48. The van der Waals surface area contributed by atoms with Crippen LogP contribution in [0, 0.1) is 13.8 Å². The van der Waals surface area contributed by atoms with Gasteiger partial charge in [0.2, 0.25) is 0 Å². The lowest BCUT2D eigenvalue weighted by atomic mass is 10.0. The number of rotatable bonds is 4. The van der Waals surface area contributed by atoms with E-state index in [0.29, 0.717) is 6.54 Å². The molecule has 1 aromatic rings. The van der Waals surface area contributed by atoms with E-state index in [1.165, 1.54) is 0 Å². The molecule has 0 unspecified atom stereocenters. The number of Topliss-reactive ketones (excluding diaryl/α,β-unsaturated/α-hetero) is 1. The van der Waals surface area contributed by atoms with Crippen molar-refractivity contribution in [1.29, 1.82) is 0 Å². The van der Waals surface area contributed by atoms with Gasteiger partial charge in [0, 0.05) is 5.56 Å². The SMILES string of the molecule is CCN(C)CC(=O)c1cc(C)ccc1C. The lowest BCUT2D eigenvalue weighted by molar-refractivity contribution is 0.0948. The topological polar surface area (TPSA) is 20.3 Å². The van der Waals surface area contributed by atoms with Crippen LogP contribution in [0.25, 0.3) is 0 Å². The highest BCUT2D eigenvalue weighted by molar-refractivity contribution is 5.99. The van der Waals surface area contributed by atoms with Crippen LogP contribution in [0.15, 0.2) is 18.2 Å². The molecule has 0 aliphatic rings. The molecule has 0 saturated heterocycles. The zero-order chi connectivity index (χ0) is 11.4. The molecule has 0 atom stereocenters. The minimum atomic E-state index is 0.209. The van der Waals surface area contributed by atoms with Crippen molar-refractivity contribution in [3.8, 4) is 0 Å². The van der Waals surface area contributed by atoms with Gasteiger partial charge in [0.15, 0.2) is 5.78 Å². The van der Waals surface area contributed by atoms with Crippen molar-refractivity contribution in [1.82, 2.24) is 4.90 Å². The highest BCUT2D eigenvalue weighted by Crippen LogP contribution is 2.11. The molecule has 1 aromatic carbocycles. The smallest absolute Gasteiger partial charge is 0.177 e. The Labute approximate surface area is 91.9 Å². The monoisotopic (exact) mass is 205 g/mol. The minimum absolute atomic E-state index is 0.209. The van der Waals surface area contributed by atoms with E-state index < -0.39 is 0 Å². The predicted molar refractivity (Wildman–Crippen MR) is 63.4 cm³/mol. The van der Waals surface area contributed by atoms with Gasteiger partial charge in [0.05, 0.1) is 6.54 Å². The first kappa shape index (κ1) is 11.9. The Bertz CT molecular complexity index is 358. The summed E-state index contributed by atoms with van der Waals surface area (Å²) in [4.78, 5) is 14.0. The quantitative estimate of drug-likeness (QED) is 0.704. The van der Waals surface area contributed by atoms with Gasteiger partial charge in [-0.3, -0.25) is 9.69 Å². The van der Waals surface area contributed by atoms with Gasteiger partial charge < -0.3 is 0 Å². The van der Waals surface area contributed by atoms with E-state index in [1.807, 2.05) is 44.0 Å². The van der Waals surface area contributed by atoms with Crippen LogP contribution in [0.5, 0.6) is 0 Å². The molecule has 0 saturated carbocycles. The van der Waals surface area contributed by atoms with Crippen LogP contribution in [0.4, 0.5) is 0 Å². The molecular formula is C13H19NO. The summed E-state index contributed by atoms with van der Waals surface area (Å²) < 4.78 is 0. The van der Waals surface area contributed by atoms with Crippen molar-refractivity contribution in [2.24, 2.45) is 0 Å². The van der Waals surface area contributed by atoms with E-state index in [2.05, 4.69) is 6.92 Å². The van der Waals surface area contributed by atoms with Crippen LogP contribution >= 0.6 is 0 Å². The molecule has 2 heteroatoms. The van der Waals surface area contributed by atoms with Crippen molar-refractivity contribution < 1.29 is 4.79 Å². The molecule has 0 bridgehead atoms. The average molecular weight is 205 g/mol. The maximum absolute atomic E-state index is 11.9. The molecule has 0 aliphatic heterocycles. The van der Waals surface area contributed by atoms with Gasteiger partial charge in [-0.05, 0) is 39.1 Å². The number of hydrogen-bond acceptors (Lipinski definition) is 2. The molecule has 0 spiro atoms. The summed E-state index contributed by atoms with van der Waals surface area (Å²) in [6.07, 6.45) is 0. The third-order valence-electron chi connectivity index (χ3n) is 2.65. The van der Waals surface area contributed by atoms with Crippen molar-refractivity contribution >= 4 is 5.78 Å². The van der Waals surface area contributed by atoms with Gasteiger partial charge in [-0.1, -0.05) is 24.6 Å². The molecule has 82 valence electrons. The Morgan fingerprint density at radius 2 is 2.00 bits per heavy atom. The highest BCUT2D eigenvalue weighted by Gasteiger charge is 2.10. The minimum Gasteiger partial charge on any atom is -0.299 e. The normalized spacial score (nSPS) is 10.7. The molecular weight excluding hydrogens is 186 g/mol. The molecule has 0 aromatic heterocycles. The molecule has 2 nitrogen and oxygen atoms in total. The lowest BCUT2D eigenvalue weighted by Gasteiger charge is -2.13. The Hall–Kier alpha value is -1.15. The van der Waals surface area contributed by atoms with E-state index in [9.17, 15) is 4.79 Å². The number of likely N-dealkylation sites (N-methyl/N-ethyl adjacent to an activating group) is 1. The average Bonchev–Trinajstić information content (AvgIpc) is 2.21. The summed E-state index contributed by atoms with van der Waals surface area (Å²) in [5.41, 5.74) is 3.06. The summed E-state index contributed by atoms with van der Waals surface area (Å²) in [6, 6.07) is 6.02. The number of hydrogen-bond donors (Lipinski definition) is 0. The van der Waals surface area contributed by atoms with Crippen LogP contribution in [0.1, 0.15) is 28.4 Å². The largest absolute Gasteiger partial charge is 0.299 e.